The van der Waals surface area contributed by atoms with E-state index in [0.29, 0.717) is 23.3 Å². The fourth-order valence-electron chi connectivity index (χ4n) is 2.46. The van der Waals surface area contributed by atoms with Crippen molar-refractivity contribution in [2.45, 2.75) is 30.2 Å². The highest BCUT2D eigenvalue weighted by atomic mass is 79.9. The average Bonchev–Trinajstić information content (AvgIpc) is 2.47. The van der Waals surface area contributed by atoms with E-state index in [2.05, 4.69) is 15.9 Å². The molecule has 0 aliphatic carbocycles. The molecule has 0 aromatic heterocycles. The van der Waals surface area contributed by atoms with Gasteiger partial charge in [-0.1, -0.05) is 6.42 Å². The Hall–Kier alpha value is -0.340. The van der Waals surface area contributed by atoms with Crippen molar-refractivity contribution in [3.63, 3.8) is 0 Å². The summed E-state index contributed by atoms with van der Waals surface area (Å²) in [6.07, 6.45) is 2.71. The summed E-state index contributed by atoms with van der Waals surface area (Å²) < 4.78 is 32.8. The van der Waals surface area contributed by atoms with E-state index in [4.69, 9.17) is 10.5 Å². The summed E-state index contributed by atoms with van der Waals surface area (Å²) in [6, 6.07) is 4.83. The molecule has 0 bridgehead atoms. The summed E-state index contributed by atoms with van der Waals surface area (Å²) in [5, 5.41) is 0. The molecule has 21 heavy (non-hydrogen) atoms. The van der Waals surface area contributed by atoms with Gasteiger partial charge in [-0.3, -0.25) is 0 Å². The maximum absolute atomic E-state index is 12.8. The summed E-state index contributed by atoms with van der Waals surface area (Å²) in [4.78, 5) is 0.234. The Morgan fingerprint density at radius 3 is 2.76 bits per heavy atom. The number of sulfonamides is 1. The van der Waals surface area contributed by atoms with Crippen LogP contribution in [0, 0.1) is 0 Å². The van der Waals surface area contributed by atoms with Gasteiger partial charge in [0.2, 0.25) is 10.0 Å². The molecule has 1 atom stereocenters. The van der Waals surface area contributed by atoms with Crippen LogP contribution in [0.25, 0.3) is 0 Å². The molecule has 120 valence electrons. The number of nitrogens with two attached hydrogens (primary N) is 1. The fourth-order valence-corrected chi connectivity index (χ4v) is 5.11. The van der Waals surface area contributed by atoms with Gasteiger partial charge in [-0.15, -0.1) is 12.4 Å². The summed E-state index contributed by atoms with van der Waals surface area (Å²) in [6.45, 7) is 0.870. The Balaban J connectivity index is 0.00000220. The van der Waals surface area contributed by atoms with Gasteiger partial charge >= 0.3 is 0 Å². The second-order valence-corrected chi connectivity index (χ2v) is 7.51. The Morgan fingerprint density at radius 1 is 1.43 bits per heavy atom. The number of benzene rings is 1. The second kappa shape index (κ2) is 7.78. The van der Waals surface area contributed by atoms with Gasteiger partial charge in [-0.2, -0.15) is 4.31 Å². The lowest BCUT2D eigenvalue weighted by Gasteiger charge is -2.34. The third-order valence-electron chi connectivity index (χ3n) is 3.57. The summed E-state index contributed by atoms with van der Waals surface area (Å²) >= 11 is 3.31. The lowest BCUT2D eigenvalue weighted by Crippen LogP contribution is -2.47. The molecular formula is C13H20BrClN2O3S. The van der Waals surface area contributed by atoms with Gasteiger partial charge in [0.05, 0.1) is 7.11 Å². The SMILES string of the molecule is COc1ccc(Br)c(S(=O)(=O)N2CCCCC2CN)c1.Cl. The summed E-state index contributed by atoms with van der Waals surface area (Å²) in [7, 11) is -2.04. The van der Waals surface area contributed by atoms with Gasteiger partial charge in [-0.05, 0) is 40.9 Å². The molecule has 1 aliphatic rings. The van der Waals surface area contributed by atoms with Crippen molar-refractivity contribution < 1.29 is 13.2 Å². The quantitative estimate of drug-likeness (QED) is 0.843. The van der Waals surface area contributed by atoms with E-state index in [0.717, 1.165) is 19.3 Å². The minimum atomic E-state index is -3.56. The highest BCUT2D eigenvalue weighted by molar-refractivity contribution is 9.10. The van der Waals surface area contributed by atoms with Crippen LogP contribution in [0.2, 0.25) is 0 Å². The highest BCUT2D eigenvalue weighted by Gasteiger charge is 2.34. The first-order valence-corrected chi connectivity index (χ1v) is 8.79. The van der Waals surface area contributed by atoms with Gasteiger partial charge in [0.25, 0.3) is 0 Å². The zero-order valence-electron chi connectivity index (χ0n) is 11.8. The molecule has 1 unspecified atom stereocenters. The number of nitrogens with zero attached hydrogens (tertiary/aromatic N) is 1. The standard InChI is InChI=1S/C13H19BrN2O3S.ClH/c1-19-11-5-6-12(14)13(8-11)20(17,18)16-7-3-2-4-10(16)9-15;/h5-6,8,10H,2-4,7,9,15H2,1H3;1H. The normalized spacial score (nSPS) is 19.9. The lowest BCUT2D eigenvalue weighted by molar-refractivity contribution is 0.257. The van der Waals surface area contributed by atoms with Crippen LogP contribution in [0.5, 0.6) is 5.75 Å². The van der Waals surface area contributed by atoms with Crippen molar-refractivity contribution >= 4 is 38.4 Å². The number of halogens is 2. The van der Waals surface area contributed by atoms with Crippen molar-refractivity contribution in [1.29, 1.82) is 0 Å². The lowest BCUT2D eigenvalue weighted by atomic mass is 10.1. The van der Waals surface area contributed by atoms with Gasteiger partial charge in [0.15, 0.2) is 0 Å². The van der Waals surface area contributed by atoms with Crippen molar-refractivity contribution in [2.24, 2.45) is 5.73 Å². The van der Waals surface area contributed by atoms with E-state index in [-0.39, 0.29) is 23.3 Å². The molecule has 5 nitrogen and oxygen atoms in total. The minimum absolute atomic E-state index is 0. The van der Waals surface area contributed by atoms with Crippen LogP contribution in [0.1, 0.15) is 19.3 Å². The van der Waals surface area contributed by atoms with E-state index < -0.39 is 10.0 Å². The second-order valence-electron chi connectivity index (χ2n) is 4.80. The Bertz CT molecular complexity index is 583. The Kier molecular flexibility index (Phi) is 6.93. The predicted octanol–water partition coefficient (Wildman–Crippen LogP) is 2.38. The number of piperidine rings is 1. The Labute approximate surface area is 140 Å². The zero-order chi connectivity index (χ0) is 14.8. The van der Waals surface area contributed by atoms with Crippen LogP contribution in [0.15, 0.2) is 27.6 Å². The molecule has 2 N–H and O–H groups in total. The average molecular weight is 400 g/mol. The van der Waals surface area contributed by atoms with Gasteiger partial charge in [0, 0.05) is 29.7 Å². The van der Waals surface area contributed by atoms with Crippen LogP contribution >= 0.6 is 28.3 Å². The number of hydrogen-bond acceptors (Lipinski definition) is 4. The number of hydrogen-bond donors (Lipinski definition) is 1. The van der Waals surface area contributed by atoms with Crippen LogP contribution in [0.3, 0.4) is 0 Å². The molecule has 0 amide bonds. The third-order valence-corrected chi connectivity index (χ3v) is 6.52. The van der Waals surface area contributed by atoms with Crippen molar-refractivity contribution in [3.8, 4) is 5.75 Å². The van der Waals surface area contributed by atoms with Crippen LogP contribution in [-0.2, 0) is 10.0 Å². The largest absolute Gasteiger partial charge is 0.497 e. The molecular weight excluding hydrogens is 380 g/mol. The summed E-state index contributed by atoms with van der Waals surface area (Å²) in [5.74, 6) is 0.521. The molecule has 0 spiro atoms. The van der Waals surface area contributed by atoms with Crippen LogP contribution < -0.4 is 10.5 Å². The molecule has 1 aliphatic heterocycles. The zero-order valence-corrected chi connectivity index (χ0v) is 15.0. The third kappa shape index (κ3) is 3.90. The molecule has 0 saturated carbocycles. The molecule has 0 radical (unpaired) electrons. The fraction of sp³-hybridized carbons (Fsp3) is 0.538. The van der Waals surface area contributed by atoms with E-state index in [1.54, 1.807) is 18.2 Å². The first-order valence-electron chi connectivity index (χ1n) is 6.56. The summed E-state index contributed by atoms with van der Waals surface area (Å²) in [5.41, 5.74) is 5.72. The molecule has 1 aromatic carbocycles. The minimum Gasteiger partial charge on any atom is -0.497 e. The van der Waals surface area contributed by atoms with Crippen LogP contribution in [0.4, 0.5) is 0 Å². The van der Waals surface area contributed by atoms with Crippen molar-refractivity contribution in [2.75, 3.05) is 20.2 Å². The van der Waals surface area contributed by atoms with Gasteiger partial charge in [-0.25, -0.2) is 8.42 Å². The highest BCUT2D eigenvalue weighted by Crippen LogP contribution is 2.32. The van der Waals surface area contributed by atoms with Crippen LogP contribution in [-0.4, -0.2) is 39.0 Å². The molecule has 1 aromatic rings. The number of rotatable bonds is 4. The first kappa shape index (κ1) is 18.7. The van der Waals surface area contributed by atoms with E-state index >= 15 is 0 Å². The van der Waals surface area contributed by atoms with E-state index in [1.165, 1.54) is 11.4 Å². The molecule has 1 heterocycles. The number of ether oxygens (including phenoxy) is 1. The van der Waals surface area contributed by atoms with E-state index in [1.807, 2.05) is 0 Å². The maximum atomic E-state index is 12.8. The molecule has 2 rings (SSSR count). The van der Waals surface area contributed by atoms with Crippen molar-refractivity contribution in [3.05, 3.63) is 22.7 Å². The smallest absolute Gasteiger partial charge is 0.244 e. The van der Waals surface area contributed by atoms with E-state index in [9.17, 15) is 8.42 Å². The van der Waals surface area contributed by atoms with Gasteiger partial charge in [0.1, 0.15) is 10.6 Å². The Morgan fingerprint density at radius 2 is 2.14 bits per heavy atom. The predicted molar refractivity (Wildman–Crippen MR) is 88.5 cm³/mol. The molecule has 1 fully saturated rings. The first-order chi connectivity index (χ1) is 9.50. The topological polar surface area (TPSA) is 72.6 Å². The monoisotopic (exact) mass is 398 g/mol. The number of methoxy groups -OCH3 is 1. The molecule has 1 saturated heterocycles. The maximum Gasteiger partial charge on any atom is 0.244 e. The van der Waals surface area contributed by atoms with Crippen molar-refractivity contribution in [1.82, 2.24) is 4.31 Å². The molecule has 8 heteroatoms. The van der Waals surface area contributed by atoms with Gasteiger partial charge < -0.3 is 10.5 Å².